The molecule has 0 bridgehead atoms. The minimum atomic E-state index is 0.285. The summed E-state index contributed by atoms with van der Waals surface area (Å²) >= 11 is 2.18. The van der Waals surface area contributed by atoms with E-state index in [0.717, 1.165) is 35.4 Å². The van der Waals surface area contributed by atoms with Gasteiger partial charge in [-0.3, -0.25) is 0 Å². The number of nitrogens with one attached hydrogen (secondary N) is 1. The predicted molar refractivity (Wildman–Crippen MR) is 73.7 cm³/mol. The Morgan fingerprint density at radius 3 is 2.50 bits per heavy atom. The van der Waals surface area contributed by atoms with Crippen LogP contribution in [0, 0.1) is 3.70 Å². The Morgan fingerprint density at radius 2 is 2.00 bits per heavy atom. The monoisotopic (exact) mass is 332 g/mol. The van der Waals surface area contributed by atoms with Crippen LogP contribution in [0.3, 0.4) is 0 Å². The van der Waals surface area contributed by atoms with Crippen molar-refractivity contribution in [3.8, 4) is 0 Å². The van der Waals surface area contributed by atoms with Crippen molar-refractivity contribution in [2.75, 3.05) is 25.0 Å². The molecule has 0 spiro atoms. The van der Waals surface area contributed by atoms with Gasteiger partial charge in [-0.05, 0) is 61.5 Å². The van der Waals surface area contributed by atoms with Crippen LogP contribution in [0.25, 0.3) is 0 Å². The molecule has 0 aromatic carbocycles. The Kier molecular flexibility index (Phi) is 3.63. The molecule has 1 N–H and O–H groups in total. The van der Waals surface area contributed by atoms with E-state index in [9.17, 15) is 0 Å². The van der Waals surface area contributed by atoms with Crippen LogP contribution in [0.1, 0.15) is 19.8 Å². The third-order valence-corrected chi connectivity index (χ3v) is 3.99. The zero-order valence-corrected chi connectivity index (χ0v) is 11.9. The zero-order chi connectivity index (χ0) is 11.6. The lowest BCUT2D eigenvalue weighted by molar-refractivity contribution is 0.304. The van der Waals surface area contributed by atoms with Crippen LogP contribution in [0.2, 0.25) is 0 Å². The van der Waals surface area contributed by atoms with Crippen LogP contribution >= 0.6 is 22.6 Å². The molecule has 1 aliphatic rings. The van der Waals surface area contributed by atoms with Crippen molar-refractivity contribution in [2.45, 2.75) is 25.3 Å². The van der Waals surface area contributed by atoms with E-state index in [1.807, 2.05) is 13.1 Å². The maximum absolute atomic E-state index is 4.22. The van der Waals surface area contributed by atoms with E-state index in [-0.39, 0.29) is 5.54 Å². The molecule has 5 heteroatoms. The normalized spacial score (nSPS) is 19.8. The van der Waals surface area contributed by atoms with E-state index in [0.29, 0.717) is 0 Å². The molecule has 2 rings (SSSR count). The minimum absolute atomic E-state index is 0.285. The van der Waals surface area contributed by atoms with Crippen LogP contribution in [0.5, 0.6) is 0 Å². The van der Waals surface area contributed by atoms with Crippen LogP contribution in [0.4, 0.5) is 5.82 Å². The average Bonchev–Trinajstić information content (AvgIpc) is 2.32. The first-order valence-corrected chi connectivity index (χ1v) is 6.64. The van der Waals surface area contributed by atoms with E-state index in [1.165, 1.54) is 0 Å². The number of halogens is 1. The van der Waals surface area contributed by atoms with Crippen molar-refractivity contribution in [2.24, 2.45) is 0 Å². The summed E-state index contributed by atoms with van der Waals surface area (Å²) in [7, 11) is 2.04. The second-order valence-electron chi connectivity index (χ2n) is 4.51. The van der Waals surface area contributed by atoms with Crippen molar-refractivity contribution in [3.63, 3.8) is 0 Å². The van der Waals surface area contributed by atoms with Gasteiger partial charge in [-0.1, -0.05) is 0 Å². The van der Waals surface area contributed by atoms with Gasteiger partial charge in [0.2, 0.25) is 0 Å². The summed E-state index contributed by atoms with van der Waals surface area (Å²) in [6.07, 6.45) is 2.30. The Balaban J connectivity index is 2.01. The molecule has 0 amide bonds. The SMILES string of the molecule is CNC1(C)CCN(c2ccc(I)nn2)CC1. The third kappa shape index (κ3) is 2.63. The number of rotatable bonds is 2. The van der Waals surface area contributed by atoms with Crippen molar-refractivity contribution in [3.05, 3.63) is 15.8 Å². The second kappa shape index (κ2) is 4.83. The lowest BCUT2D eigenvalue weighted by Gasteiger charge is -2.39. The molecule has 16 heavy (non-hydrogen) atoms. The molecular weight excluding hydrogens is 315 g/mol. The average molecular weight is 332 g/mol. The van der Waals surface area contributed by atoms with E-state index < -0.39 is 0 Å². The summed E-state index contributed by atoms with van der Waals surface area (Å²) in [5.41, 5.74) is 0.285. The van der Waals surface area contributed by atoms with Crippen LogP contribution in [-0.4, -0.2) is 35.9 Å². The first-order valence-electron chi connectivity index (χ1n) is 5.56. The second-order valence-corrected chi connectivity index (χ2v) is 5.62. The first kappa shape index (κ1) is 12.0. The quantitative estimate of drug-likeness (QED) is 0.837. The fraction of sp³-hybridized carbons (Fsp3) is 0.636. The lowest BCUT2D eigenvalue weighted by Crippen LogP contribution is -2.50. The number of aromatic nitrogens is 2. The Morgan fingerprint density at radius 1 is 1.31 bits per heavy atom. The van der Waals surface area contributed by atoms with Crippen LogP contribution in [0.15, 0.2) is 12.1 Å². The highest BCUT2D eigenvalue weighted by Crippen LogP contribution is 2.24. The summed E-state index contributed by atoms with van der Waals surface area (Å²) in [5, 5.41) is 11.7. The molecular formula is C11H17IN4. The van der Waals surface area contributed by atoms with Gasteiger partial charge in [0.15, 0.2) is 5.82 Å². The van der Waals surface area contributed by atoms with Gasteiger partial charge in [0.1, 0.15) is 3.70 Å². The summed E-state index contributed by atoms with van der Waals surface area (Å²) in [6, 6.07) is 4.06. The van der Waals surface area contributed by atoms with Gasteiger partial charge in [0, 0.05) is 18.6 Å². The number of nitrogens with zero attached hydrogens (tertiary/aromatic N) is 3. The van der Waals surface area contributed by atoms with Crippen LogP contribution < -0.4 is 10.2 Å². The Hall–Kier alpha value is -0.430. The summed E-state index contributed by atoms with van der Waals surface area (Å²) in [6.45, 7) is 4.38. The molecule has 1 fully saturated rings. The predicted octanol–water partition coefficient (Wildman–Crippen LogP) is 1.66. The van der Waals surface area contributed by atoms with Crippen molar-refractivity contribution in [1.82, 2.24) is 15.5 Å². The van der Waals surface area contributed by atoms with Crippen molar-refractivity contribution < 1.29 is 0 Å². The third-order valence-electron chi connectivity index (χ3n) is 3.41. The summed E-state index contributed by atoms with van der Waals surface area (Å²) in [4.78, 5) is 2.31. The molecule has 1 aromatic heterocycles. The fourth-order valence-corrected chi connectivity index (χ4v) is 2.24. The maximum Gasteiger partial charge on any atom is 0.151 e. The van der Waals surface area contributed by atoms with Gasteiger partial charge < -0.3 is 10.2 Å². The highest BCUT2D eigenvalue weighted by molar-refractivity contribution is 14.1. The molecule has 2 heterocycles. The number of hydrogen-bond acceptors (Lipinski definition) is 4. The van der Waals surface area contributed by atoms with Gasteiger partial charge in [-0.25, -0.2) is 0 Å². The Bertz CT molecular complexity index is 344. The first-order chi connectivity index (χ1) is 7.63. The Labute approximate surface area is 110 Å². The van der Waals surface area contributed by atoms with Crippen molar-refractivity contribution in [1.29, 1.82) is 0 Å². The molecule has 1 saturated heterocycles. The van der Waals surface area contributed by atoms with E-state index in [4.69, 9.17) is 0 Å². The number of hydrogen-bond donors (Lipinski definition) is 1. The van der Waals surface area contributed by atoms with Gasteiger partial charge >= 0.3 is 0 Å². The molecule has 0 atom stereocenters. The lowest BCUT2D eigenvalue weighted by atomic mass is 9.90. The highest BCUT2D eigenvalue weighted by Gasteiger charge is 2.28. The molecule has 0 unspecified atom stereocenters. The molecule has 1 aromatic rings. The number of piperidine rings is 1. The minimum Gasteiger partial charge on any atom is -0.355 e. The summed E-state index contributed by atoms with van der Waals surface area (Å²) < 4.78 is 0.943. The largest absolute Gasteiger partial charge is 0.355 e. The van der Waals surface area contributed by atoms with E-state index in [1.54, 1.807) is 0 Å². The molecule has 0 radical (unpaired) electrons. The smallest absolute Gasteiger partial charge is 0.151 e. The highest BCUT2D eigenvalue weighted by atomic mass is 127. The molecule has 4 nitrogen and oxygen atoms in total. The topological polar surface area (TPSA) is 41.0 Å². The maximum atomic E-state index is 4.22. The van der Waals surface area contributed by atoms with Gasteiger partial charge in [0.25, 0.3) is 0 Å². The molecule has 0 aliphatic carbocycles. The van der Waals surface area contributed by atoms with Gasteiger partial charge in [-0.15, -0.1) is 10.2 Å². The van der Waals surface area contributed by atoms with E-state index >= 15 is 0 Å². The molecule has 0 saturated carbocycles. The zero-order valence-electron chi connectivity index (χ0n) is 9.70. The summed E-state index contributed by atoms with van der Waals surface area (Å²) in [5.74, 6) is 0.999. The van der Waals surface area contributed by atoms with Gasteiger partial charge in [-0.2, -0.15) is 0 Å². The van der Waals surface area contributed by atoms with Crippen molar-refractivity contribution >= 4 is 28.4 Å². The van der Waals surface area contributed by atoms with E-state index in [2.05, 4.69) is 56.0 Å². The number of anilines is 1. The molecule has 88 valence electrons. The fourth-order valence-electron chi connectivity index (χ4n) is 1.96. The van der Waals surface area contributed by atoms with Gasteiger partial charge in [0.05, 0.1) is 0 Å². The standard InChI is InChI=1S/C11H17IN4/c1-11(13-2)5-7-16(8-6-11)10-4-3-9(12)14-15-10/h3-4,13H,5-8H2,1-2H3. The molecule has 1 aliphatic heterocycles. The van der Waals surface area contributed by atoms with Crippen LogP contribution in [-0.2, 0) is 0 Å².